The Bertz CT molecular complexity index is 1070. The average molecular weight is 391 g/mol. The highest BCUT2D eigenvalue weighted by Gasteiger charge is 2.10. The van der Waals surface area contributed by atoms with Gasteiger partial charge in [-0.15, -0.1) is 0 Å². The molecule has 3 aromatic rings. The molecule has 1 N–H and O–H groups in total. The highest BCUT2D eigenvalue weighted by molar-refractivity contribution is 6.31. The molecular weight excluding hydrogens is 375 g/mol. The largest absolute Gasteiger partial charge is 0.321 e. The number of hydrogen-bond acceptors (Lipinski definition) is 2. The minimum absolute atomic E-state index is 0.0159. The number of rotatable bonds is 5. The zero-order chi connectivity index (χ0) is 19.9. The van der Waals surface area contributed by atoms with Crippen LogP contribution >= 0.6 is 11.6 Å². The van der Waals surface area contributed by atoms with E-state index in [2.05, 4.69) is 5.32 Å². The molecule has 0 radical (unpaired) electrons. The molecule has 0 spiro atoms. The van der Waals surface area contributed by atoms with Crippen molar-refractivity contribution in [2.75, 3.05) is 5.32 Å². The summed E-state index contributed by atoms with van der Waals surface area (Å²) in [5, 5.41) is 12.5. The summed E-state index contributed by atoms with van der Waals surface area (Å²) in [4.78, 5) is 12.3. The van der Waals surface area contributed by atoms with Crippen LogP contribution in [0.4, 0.5) is 10.1 Å². The molecule has 0 unspecified atom stereocenters. The van der Waals surface area contributed by atoms with Gasteiger partial charge < -0.3 is 5.32 Å². The maximum atomic E-state index is 13.3. The molecule has 28 heavy (non-hydrogen) atoms. The zero-order valence-corrected chi connectivity index (χ0v) is 15.6. The molecule has 3 nitrogen and oxygen atoms in total. The van der Waals surface area contributed by atoms with Crippen molar-refractivity contribution in [2.24, 2.45) is 0 Å². The summed E-state index contributed by atoms with van der Waals surface area (Å²) in [5.41, 5.74) is 3.11. The average Bonchev–Trinajstić information content (AvgIpc) is 2.67. The molecular formula is C23H16ClFN2O. The predicted octanol–water partition coefficient (Wildman–Crippen LogP) is 5.62. The summed E-state index contributed by atoms with van der Waals surface area (Å²) in [6.45, 7) is 0. The lowest BCUT2D eigenvalue weighted by Gasteiger charge is -2.05. The number of nitrogens with zero attached hydrogens (tertiary/aromatic N) is 1. The standard InChI is InChI=1S/C23H16ClFN2O/c24-20-4-2-6-22(14-20)27-23(28)19(15-26)12-17-9-7-16(8-10-17)11-18-3-1-5-21(25)13-18/h1-10,12-14H,11H2,(H,27,28)/b19-12+. The molecule has 0 heterocycles. The van der Waals surface area contributed by atoms with Gasteiger partial charge in [0.05, 0.1) is 0 Å². The lowest BCUT2D eigenvalue weighted by molar-refractivity contribution is -0.112. The molecule has 0 aliphatic rings. The van der Waals surface area contributed by atoms with Gasteiger partial charge in [-0.25, -0.2) is 4.39 Å². The molecule has 0 aliphatic heterocycles. The minimum atomic E-state index is -0.506. The highest BCUT2D eigenvalue weighted by Crippen LogP contribution is 2.17. The first-order valence-corrected chi connectivity index (χ1v) is 8.93. The van der Waals surface area contributed by atoms with Crippen LogP contribution in [-0.4, -0.2) is 5.91 Å². The number of carbonyl (C=O) groups excluding carboxylic acids is 1. The maximum Gasteiger partial charge on any atom is 0.266 e. The third kappa shape index (κ3) is 5.29. The van der Waals surface area contributed by atoms with Gasteiger partial charge in [0.1, 0.15) is 17.5 Å². The molecule has 0 aliphatic carbocycles. The number of amides is 1. The van der Waals surface area contributed by atoms with Gasteiger partial charge in [-0.05, 0) is 59.5 Å². The van der Waals surface area contributed by atoms with E-state index in [9.17, 15) is 14.4 Å². The SMILES string of the molecule is N#C/C(=C\c1ccc(Cc2cccc(F)c2)cc1)C(=O)Nc1cccc(Cl)c1. The third-order valence-electron chi connectivity index (χ3n) is 4.04. The molecule has 0 saturated heterocycles. The van der Waals surface area contributed by atoms with Crippen molar-refractivity contribution in [3.63, 3.8) is 0 Å². The summed E-state index contributed by atoms with van der Waals surface area (Å²) in [5.74, 6) is -0.768. The van der Waals surface area contributed by atoms with E-state index >= 15 is 0 Å². The van der Waals surface area contributed by atoms with Gasteiger partial charge in [0.2, 0.25) is 0 Å². The van der Waals surface area contributed by atoms with Crippen molar-refractivity contribution >= 4 is 29.3 Å². The van der Waals surface area contributed by atoms with Crippen molar-refractivity contribution in [3.8, 4) is 6.07 Å². The van der Waals surface area contributed by atoms with E-state index < -0.39 is 5.91 Å². The number of halogens is 2. The summed E-state index contributed by atoms with van der Waals surface area (Å²) >= 11 is 5.90. The number of anilines is 1. The number of nitriles is 1. The van der Waals surface area contributed by atoms with Crippen LogP contribution in [0, 0.1) is 17.1 Å². The van der Waals surface area contributed by atoms with Crippen LogP contribution in [0.1, 0.15) is 16.7 Å². The van der Waals surface area contributed by atoms with Crippen LogP contribution in [0.2, 0.25) is 5.02 Å². The number of benzene rings is 3. The second kappa shape index (κ2) is 8.98. The Morgan fingerprint density at radius 2 is 1.79 bits per heavy atom. The normalized spacial score (nSPS) is 11.0. The quantitative estimate of drug-likeness (QED) is 0.454. The van der Waals surface area contributed by atoms with E-state index in [0.717, 1.165) is 16.7 Å². The van der Waals surface area contributed by atoms with Gasteiger partial charge in [-0.1, -0.05) is 54.1 Å². The predicted molar refractivity (Wildman–Crippen MR) is 109 cm³/mol. The molecule has 0 aromatic heterocycles. The second-order valence-electron chi connectivity index (χ2n) is 6.18. The van der Waals surface area contributed by atoms with Gasteiger partial charge in [0, 0.05) is 10.7 Å². The zero-order valence-electron chi connectivity index (χ0n) is 14.8. The van der Waals surface area contributed by atoms with E-state index in [1.54, 1.807) is 30.3 Å². The van der Waals surface area contributed by atoms with Gasteiger partial charge in [-0.3, -0.25) is 4.79 Å². The molecule has 5 heteroatoms. The molecule has 3 aromatic carbocycles. The van der Waals surface area contributed by atoms with Crippen LogP contribution < -0.4 is 5.32 Å². The number of hydrogen-bond donors (Lipinski definition) is 1. The van der Waals surface area contributed by atoms with Crippen molar-refractivity contribution in [3.05, 3.63) is 106 Å². The van der Waals surface area contributed by atoms with Crippen LogP contribution in [-0.2, 0) is 11.2 Å². The first kappa shape index (κ1) is 19.3. The van der Waals surface area contributed by atoms with Gasteiger partial charge >= 0.3 is 0 Å². The number of carbonyl (C=O) groups is 1. The Kier molecular flexibility index (Phi) is 6.21. The topological polar surface area (TPSA) is 52.9 Å². The fourth-order valence-corrected chi connectivity index (χ4v) is 2.88. The Morgan fingerprint density at radius 3 is 2.46 bits per heavy atom. The number of nitrogens with one attached hydrogen (secondary N) is 1. The second-order valence-corrected chi connectivity index (χ2v) is 6.62. The van der Waals surface area contributed by atoms with E-state index in [1.165, 1.54) is 18.2 Å². The lowest BCUT2D eigenvalue weighted by Crippen LogP contribution is -2.13. The van der Waals surface area contributed by atoms with E-state index in [0.29, 0.717) is 17.1 Å². The first-order valence-electron chi connectivity index (χ1n) is 8.55. The smallest absolute Gasteiger partial charge is 0.266 e. The maximum absolute atomic E-state index is 13.3. The Morgan fingerprint density at radius 1 is 1.04 bits per heavy atom. The monoisotopic (exact) mass is 390 g/mol. The summed E-state index contributed by atoms with van der Waals surface area (Å²) < 4.78 is 13.3. The van der Waals surface area contributed by atoms with Crippen LogP contribution in [0.5, 0.6) is 0 Å². The highest BCUT2D eigenvalue weighted by atomic mass is 35.5. The van der Waals surface area contributed by atoms with Crippen LogP contribution in [0.3, 0.4) is 0 Å². The fourth-order valence-electron chi connectivity index (χ4n) is 2.69. The van der Waals surface area contributed by atoms with Crippen LogP contribution in [0.25, 0.3) is 6.08 Å². The fraction of sp³-hybridized carbons (Fsp3) is 0.0435. The summed E-state index contributed by atoms with van der Waals surface area (Å²) in [7, 11) is 0. The van der Waals surface area contributed by atoms with E-state index in [1.807, 2.05) is 36.4 Å². The summed E-state index contributed by atoms with van der Waals surface area (Å²) in [6, 6.07) is 22.5. The van der Waals surface area contributed by atoms with E-state index in [-0.39, 0.29) is 11.4 Å². The minimum Gasteiger partial charge on any atom is -0.321 e. The lowest BCUT2D eigenvalue weighted by atomic mass is 10.0. The first-order chi connectivity index (χ1) is 13.5. The Labute approximate surface area is 167 Å². The van der Waals surface area contributed by atoms with Gasteiger partial charge in [-0.2, -0.15) is 5.26 Å². The molecule has 3 rings (SSSR count). The Balaban J connectivity index is 1.71. The molecule has 0 saturated carbocycles. The molecule has 138 valence electrons. The Hall–Kier alpha value is -3.42. The van der Waals surface area contributed by atoms with Crippen molar-refractivity contribution in [1.82, 2.24) is 0 Å². The van der Waals surface area contributed by atoms with E-state index in [4.69, 9.17) is 11.6 Å². The molecule has 0 fully saturated rings. The summed E-state index contributed by atoms with van der Waals surface area (Å²) in [6.07, 6.45) is 2.12. The van der Waals surface area contributed by atoms with Crippen molar-refractivity contribution in [2.45, 2.75) is 6.42 Å². The molecule has 0 atom stereocenters. The van der Waals surface area contributed by atoms with Crippen LogP contribution in [0.15, 0.2) is 78.4 Å². The molecule has 0 bridgehead atoms. The third-order valence-corrected chi connectivity index (χ3v) is 4.27. The van der Waals surface area contributed by atoms with Crippen molar-refractivity contribution < 1.29 is 9.18 Å². The van der Waals surface area contributed by atoms with Gasteiger partial charge in [0.25, 0.3) is 5.91 Å². The molecule has 1 amide bonds. The van der Waals surface area contributed by atoms with Crippen molar-refractivity contribution in [1.29, 1.82) is 5.26 Å². The van der Waals surface area contributed by atoms with Gasteiger partial charge in [0.15, 0.2) is 0 Å².